The number of hydrogen-bond donors (Lipinski definition) is 1. The third kappa shape index (κ3) is 3.22. The molecule has 0 aliphatic rings. The predicted octanol–water partition coefficient (Wildman–Crippen LogP) is 7.11. The average molecular weight is 437 g/mol. The number of anilines is 1. The molecule has 0 saturated carbocycles. The number of amides is 1. The first-order valence-electron chi connectivity index (χ1n) is 9.15. The molecular weight excluding hydrogens is 423 g/mol. The van der Waals surface area contributed by atoms with E-state index in [1.54, 1.807) is 36.4 Å². The third-order valence-corrected chi connectivity index (χ3v) is 5.60. The molecule has 0 saturated heterocycles. The molecular formula is C23H14Cl2N2O3. The first-order valence-corrected chi connectivity index (χ1v) is 9.91. The van der Waals surface area contributed by atoms with Gasteiger partial charge in [-0.25, -0.2) is 4.98 Å². The van der Waals surface area contributed by atoms with E-state index in [2.05, 4.69) is 10.3 Å². The Bertz CT molecular complexity index is 1440. The van der Waals surface area contributed by atoms with E-state index < -0.39 is 0 Å². The number of nitrogens with one attached hydrogen (secondary N) is 1. The topological polar surface area (TPSA) is 68.3 Å². The molecule has 0 fully saturated rings. The predicted molar refractivity (Wildman–Crippen MR) is 118 cm³/mol. The smallest absolute Gasteiger partial charge is 0.291 e. The van der Waals surface area contributed by atoms with E-state index in [-0.39, 0.29) is 11.7 Å². The quantitative estimate of drug-likeness (QED) is 0.327. The molecule has 148 valence electrons. The van der Waals surface area contributed by atoms with Gasteiger partial charge in [0.2, 0.25) is 5.89 Å². The minimum Gasteiger partial charge on any atom is -0.451 e. The number of aryl methyl sites for hydroxylation is 1. The fourth-order valence-electron chi connectivity index (χ4n) is 3.34. The monoisotopic (exact) mass is 436 g/mol. The number of hydrogen-bond acceptors (Lipinski definition) is 4. The first kappa shape index (κ1) is 18.7. The molecule has 7 heteroatoms. The van der Waals surface area contributed by atoms with Gasteiger partial charge in [0, 0.05) is 22.2 Å². The fraction of sp³-hybridized carbons (Fsp3) is 0.0435. The van der Waals surface area contributed by atoms with Crippen LogP contribution in [0, 0.1) is 6.92 Å². The molecule has 5 aromatic rings. The van der Waals surface area contributed by atoms with Crippen LogP contribution in [0.15, 0.2) is 69.5 Å². The van der Waals surface area contributed by atoms with E-state index in [1.807, 2.05) is 31.2 Å². The van der Waals surface area contributed by atoms with E-state index in [0.29, 0.717) is 43.9 Å². The summed E-state index contributed by atoms with van der Waals surface area (Å²) in [5.41, 5.74) is 3.97. The maximum absolute atomic E-state index is 12.8. The molecule has 5 nitrogen and oxygen atoms in total. The van der Waals surface area contributed by atoms with Crippen molar-refractivity contribution in [1.29, 1.82) is 0 Å². The van der Waals surface area contributed by atoms with Crippen molar-refractivity contribution in [1.82, 2.24) is 4.98 Å². The number of benzene rings is 3. The number of carbonyl (C=O) groups excluding carboxylic acids is 1. The van der Waals surface area contributed by atoms with Crippen molar-refractivity contribution >= 4 is 56.9 Å². The number of carbonyl (C=O) groups is 1. The molecule has 3 aromatic carbocycles. The number of halogens is 2. The van der Waals surface area contributed by atoms with Gasteiger partial charge < -0.3 is 14.2 Å². The minimum atomic E-state index is -0.323. The summed E-state index contributed by atoms with van der Waals surface area (Å²) in [6.07, 6.45) is 0. The van der Waals surface area contributed by atoms with Crippen LogP contribution in [-0.4, -0.2) is 10.9 Å². The van der Waals surface area contributed by atoms with Gasteiger partial charge in [0.05, 0.1) is 10.0 Å². The van der Waals surface area contributed by atoms with Gasteiger partial charge >= 0.3 is 0 Å². The van der Waals surface area contributed by atoms with Gasteiger partial charge in [-0.3, -0.25) is 4.79 Å². The zero-order valence-corrected chi connectivity index (χ0v) is 17.2. The summed E-state index contributed by atoms with van der Waals surface area (Å²) < 4.78 is 11.5. The van der Waals surface area contributed by atoms with Crippen molar-refractivity contribution < 1.29 is 13.6 Å². The molecule has 0 atom stereocenters. The lowest BCUT2D eigenvalue weighted by Gasteiger charge is -2.03. The minimum absolute atomic E-state index is 0.285. The SMILES string of the molecule is Cc1c(C(=O)Nc2ccc3oc(-c4ccc(Cl)c(Cl)c4)nc3c2)oc2ccccc12. The summed E-state index contributed by atoms with van der Waals surface area (Å²) in [5.74, 6) is 0.379. The van der Waals surface area contributed by atoms with Crippen LogP contribution in [0.3, 0.4) is 0 Å². The molecule has 1 amide bonds. The highest BCUT2D eigenvalue weighted by molar-refractivity contribution is 6.42. The molecule has 2 heterocycles. The molecule has 30 heavy (non-hydrogen) atoms. The number of fused-ring (bicyclic) bond motifs is 2. The second-order valence-corrected chi connectivity index (χ2v) is 7.65. The van der Waals surface area contributed by atoms with Crippen LogP contribution in [0.4, 0.5) is 5.69 Å². The van der Waals surface area contributed by atoms with Crippen molar-refractivity contribution in [3.63, 3.8) is 0 Å². The summed E-state index contributed by atoms with van der Waals surface area (Å²) in [5, 5.41) is 4.66. The number of nitrogens with zero attached hydrogens (tertiary/aromatic N) is 1. The van der Waals surface area contributed by atoms with Crippen molar-refractivity contribution in [2.24, 2.45) is 0 Å². The Balaban J connectivity index is 1.45. The number of rotatable bonds is 3. The van der Waals surface area contributed by atoms with Crippen molar-refractivity contribution in [3.8, 4) is 11.5 Å². The Morgan fingerprint density at radius 1 is 0.933 bits per heavy atom. The zero-order valence-electron chi connectivity index (χ0n) is 15.7. The third-order valence-electron chi connectivity index (χ3n) is 4.86. The van der Waals surface area contributed by atoms with Gasteiger partial charge in [0.1, 0.15) is 11.1 Å². The second kappa shape index (κ2) is 7.20. The maximum atomic E-state index is 12.8. The Morgan fingerprint density at radius 3 is 2.57 bits per heavy atom. The number of aromatic nitrogens is 1. The maximum Gasteiger partial charge on any atom is 0.291 e. The van der Waals surface area contributed by atoms with Gasteiger partial charge in [-0.05, 0) is 49.4 Å². The van der Waals surface area contributed by atoms with E-state index in [1.165, 1.54) is 0 Å². The van der Waals surface area contributed by atoms with Gasteiger partial charge in [-0.15, -0.1) is 0 Å². The standard InChI is InChI=1S/C23H14Cl2N2O3/c1-12-15-4-2-3-5-19(15)29-21(12)22(28)26-14-7-9-20-18(11-14)27-23(30-20)13-6-8-16(24)17(25)10-13/h2-11H,1H3,(H,26,28). The summed E-state index contributed by atoms with van der Waals surface area (Å²) in [6, 6.07) is 18.0. The average Bonchev–Trinajstić information content (AvgIpc) is 3.31. The van der Waals surface area contributed by atoms with Crippen LogP contribution in [0.2, 0.25) is 10.0 Å². The molecule has 0 spiro atoms. The van der Waals surface area contributed by atoms with Crippen LogP contribution in [-0.2, 0) is 0 Å². The highest BCUT2D eigenvalue weighted by Gasteiger charge is 2.18. The fourth-order valence-corrected chi connectivity index (χ4v) is 3.63. The van der Waals surface area contributed by atoms with Gasteiger partial charge in [0.15, 0.2) is 11.3 Å². The Labute approximate surface area is 181 Å². The number of para-hydroxylation sites is 1. The van der Waals surface area contributed by atoms with Crippen LogP contribution >= 0.6 is 23.2 Å². The molecule has 0 radical (unpaired) electrons. The van der Waals surface area contributed by atoms with E-state index in [9.17, 15) is 4.79 Å². The summed E-state index contributed by atoms with van der Waals surface area (Å²) in [4.78, 5) is 17.3. The van der Waals surface area contributed by atoms with E-state index in [4.69, 9.17) is 32.0 Å². The molecule has 0 aliphatic heterocycles. The lowest BCUT2D eigenvalue weighted by Crippen LogP contribution is -2.12. The zero-order chi connectivity index (χ0) is 20.8. The highest BCUT2D eigenvalue weighted by Crippen LogP contribution is 2.31. The Morgan fingerprint density at radius 2 is 1.77 bits per heavy atom. The van der Waals surface area contributed by atoms with Crippen LogP contribution in [0.1, 0.15) is 16.1 Å². The van der Waals surface area contributed by atoms with E-state index >= 15 is 0 Å². The van der Waals surface area contributed by atoms with Crippen molar-refractivity contribution in [2.45, 2.75) is 6.92 Å². The molecule has 0 aliphatic carbocycles. The van der Waals surface area contributed by atoms with Crippen molar-refractivity contribution in [3.05, 3.63) is 82.0 Å². The summed E-state index contributed by atoms with van der Waals surface area (Å²) in [6.45, 7) is 1.87. The first-order chi connectivity index (χ1) is 14.5. The summed E-state index contributed by atoms with van der Waals surface area (Å²) in [7, 11) is 0. The lowest BCUT2D eigenvalue weighted by atomic mass is 10.1. The normalized spacial score (nSPS) is 11.3. The largest absolute Gasteiger partial charge is 0.451 e. The van der Waals surface area contributed by atoms with Crippen LogP contribution in [0.5, 0.6) is 0 Å². The van der Waals surface area contributed by atoms with Gasteiger partial charge in [-0.2, -0.15) is 0 Å². The molecule has 0 bridgehead atoms. The van der Waals surface area contributed by atoms with Gasteiger partial charge in [0.25, 0.3) is 5.91 Å². The highest BCUT2D eigenvalue weighted by atomic mass is 35.5. The molecule has 2 aromatic heterocycles. The molecule has 1 N–H and O–H groups in total. The van der Waals surface area contributed by atoms with Crippen LogP contribution in [0.25, 0.3) is 33.5 Å². The second-order valence-electron chi connectivity index (χ2n) is 6.84. The van der Waals surface area contributed by atoms with Crippen molar-refractivity contribution in [2.75, 3.05) is 5.32 Å². The number of furan rings is 1. The summed E-state index contributed by atoms with van der Waals surface area (Å²) >= 11 is 12.1. The van der Waals surface area contributed by atoms with E-state index in [0.717, 1.165) is 10.9 Å². The molecule has 0 unspecified atom stereocenters. The van der Waals surface area contributed by atoms with Gasteiger partial charge in [-0.1, -0.05) is 41.4 Å². The molecule has 5 rings (SSSR count). The van der Waals surface area contributed by atoms with Crippen LogP contribution < -0.4 is 5.32 Å². The Kier molecular flexibility index (Phi) is 4.50. The Hall–Kier alpha value is -3.28. The lowest BCUT2D eigenvalue weighted by molar-refractivity contribution is 0.0998. The number of oxazole rings is 1.